The molecule has 16 heavy (non-hydrogen) atoms. The summed E-state index contributed by atoms with van der Waals surface area (Å²) in [7, 11) is 0. The molecule has 2 heteroatoms. The fourth-order valence-electron chi connectivity index (χ4n) is 2.23. The quantitative estimate of drug-likeness (QED) is 0.221. The number of ether oxygens (including phenoxy) is 1. The molecule has 2 unspecified atom stereocenters. The van der Waals surface area contributed by atoms with Gasteiger partial charge in [0.15, 0.2) is 0 Å². The van der Waals surface area contributed by atoms with Crippen LogP contribution in [0.5, 0.6) is 0 Å². The molecular weight excluding hydrogens is 311 g/mol. The van der Waals surface area contributed by atoms with Crippen molar-refractivity contribution >= 4 is 22.6 Å². The maximum absolute atomic E-state index is 5.53. The van der Waals surface area contributed by atoms with Gasteiger partial charge in [-0.2, -0.15) is 0 Å². The number of epoxide rings is 1. The Morgan fingerprint density at radius 2 is 1.38 bits per heavy atom. The lowest BCUT2D eigenvalue weighted by Crippen LogP contribution is -1.94. The molecule has 0 aliphatic carbocycles. The third kappa shape index (κ3) is 7.10. The van der Waals surface area contributed by atoms with Crippen LogP contribution in [-0.2, 0) is 4.74 Å². The van der Waals surface area contributed by atoms with Crippen LogP contribution in [0.1, 0.15) is 71.1 Å². The summed E-state index contributed by atoms with van der Waals surface area (Å²) in [5, 5.41) is 0. The van der Waals surface area contributed by atoms with E-state index in [1.165, 1.54) is 68.6 Å². The maximum Gasteiger partial charge on any atom is 0.0931 e. The van der Waals surface area contributed by atoms with Crippen molar-refractivity contribution < 1.29 is 4.74 Å². The Bertz CT molecular complexity index is 161. The molecule has 0 radical (unpaired) electrons. The van der Waals surface area contributed by atoms with E-state index < -0.39 is 0 Å². The van der Waals surface area contributed by atoms with Gasteiger partial charge in [0.1, 0.15) is 0 Å². The molecule has 1 rings (SSSR count). The molecule has 1 nitrogen and oxygen atoms in total. The zero-order chi connectivity index (χ0) is 11.6. The van der Waals surface area contributed by atoms with Crippen molar-refractivity contribution in [3.05, 3.63) is 0 Å². The molecule has 0 saturated carbocycles. The van der Waals surface area contributed by atoms with Crippen molar-refractivity contribution in [3.8, 4) is 0 Å². The summed E-state index contributed by atoms with van der Waals surface area (Å²) in [5.41, 5.74) is 0. The first-order valence-electron chi connectivity index (χ1n) is 7.10. The lowest BCUT2D eigenvalue weighted by molar-refractivity contribution is 0.366. The smallest absolute Gasteiger partial charge is 0.0931 e. The summed E-state index contributed by atoms with van der Waals surface area (Å²) in [6.07, 6.45) is 15.4. The molecule has 0 amide bonds. The zero-order valence-corrected chi connectivity index (χ0v) is 12.9. The van der Waals surface area contributed by atoms with Crippen LogP contribution in [0.4, 0.5) is 0 Å². The van der Waals surface area contributed by atoms with Crippen molar-refractivity contribution in [2.24, 2.45) is 0 Å². The SMILES string of the molecule is CCCCCCCCCCCC1OC1CI. The molecule has 1 heterocycles. The zero-order valence-electron chi connectivity index (χ0n) is 10.7. The highest BCUT2D eigenvalue weighted by molar-refractivity contribution is 14.1. The fourth-order valence-corrected chi connectivity index (χ4v) is 3.00. The number of unbranched alkanes of at least 4 members (excludes halogenated alkanes) is 8. The van der Waals surface area contributed by atoms with Gasteiger partial charge in [0, 0.05) is 4.43 Å². The van der Waals surface area contributed by atoms with E-state index in [0.29, 0.717) is 12.2 Å². The van der Waals surface area contributed by atoms with Gasteiger partial charge in [-0.05, 0) is 6.42 Å². The molecule has 0 bridgehead atoms. The molecule has 96 valence electrons. The van der Waals surface area contributed by atoms with E-state index in [1.807, 2.05) is 0 Å². The Hall–Kier alpha value is 0.690. The van der Waals surface area contributed by atoms with Gasteiger partial charge in [-0.3, -0.25) is 0 Å². The molecule has 1 fully saturated rings. The minimum absolute atomic E-state index is 0.606. The normalized spacial score (nSPS) is 23.6. The van der Waals surface area contributed by atoms with Crippen LogP contribution in [0.3, 0.4) is 0 Å². The fraction of sp³-hybridized carbons (Fsp3) is 1.00. The van der Waals surface area contributed by atoms with Crippen LogP contribution < -0.4 is 0 Å². The van der Waals surface area contributed by atoms with Crippen LogP contribution in [0.25, 0.3) is 0 Å². The van der Waals surface area contributed by atoms with Crippen LogP contribution in [0.15, 0.2) is 0 Å². The summed E-state index contributed by atoms with van der Waals surface area (Å²) in [5.74, 6) is 0. The van der Waals surface area contributed by atoms with E-state index >= 15 is 0 Å². The standard InChI is InChI=1S/C14H27IO/c1-2-3-4-5-6-7-8-9-10-11-13-14(12-15)16-13/h13-14H,2-12H2,1H3. The van der Waals surface area contributed by atoms with E-state index in [9.17, 15) is 0 Å². The number of alkyl halides is 1. The van der Waals surface area contributed by atoms with Crippen LogP contribution in [0, 0.1) is 0 Å². The molecule has 1 saturated heterocycles. The Labute approximate surface area is 115 Å². The van der Waals surface area contributed by atoms with E-state index in [0.717, 1.165) is 0 Å². The summed E-state index contributed by atoms with van der Waals surface area (Å²) in [6, 6.07) is 0. The van der Waals surface area contributed by atoms with E-state index in [2.05, 4.69) is 29.5 Å². The van der Waals surface area contributed by atoms with E-state index in [-0.39, 0.29) is 0 Å². The second-order valence-corrected chi connectivity index (χ2v) is 5.87. The summed E-state index contributed by atoms with van der Waals surface area (Å²) in [4.78, 5) is 0. The van der Waals surface area contributed by atoms with Crippen molar-refractivity contribution in [2.75, 3.05) is 4.43 Å². The Kier molecular flexibility index (Phi) is 8.94. The summed E-state index contributed by atoms with van der Waals surface area (Å²) in [6.45, 7) is 2.28. The van der Waals surface area contributed by atoms with Crippen LogP contribution >= 0.6 is 22.6 Å². The Morgan fingerprint density at radius 3 is 1.88 bits per heavy atom. The predicted molar refractivity (Wildman–Crippen MR) is 79.4 cm³/mol. The minimum Gasteiger partial charge on any atom is -0.369 e. The first-order valence-corrected chi connectivity index (χ1v) is 8.62. The number of rotatable bonds is 11. The maximum atomic E-state index is 5.53. The van der Waals surface area contributed by atoms with E-state index in [4.69, 9.17) is 4.74 Å². The largest absolute Gasteiger partial charge is 0.369 e. The number of halogens is 1. The lowest BCUT2D eigenvalue weighted by atomic mass is 10.1. The van der Waals surface area contributed by atoms with Crippen molar-refractivity contribution in [1.82, 2.24) is 0 Å². The molecule has 0 aromatic carbocycles. The van der Waals surface area contributed by atoms with E-state index in [1.54, 1.807) is 0 Å². The average Bonchev–Trinajstić information content (AvgIpc) is 3.05. The molecule has 0 aromatic rings. The second kappa shape index (κ2) is 9.69. The van der Waals surface area contributed by atoms with Gasteiger partial charge in [0.25, 0.3) is 0 Å². The summed E-state index contributed by atoms with van der Waals surface area (Å²) >= 11 is 2.42. The topological polar surface area (TPSA) is 12.5 Å². The average molecular weight is 338 g/mol. The van der Waals surface area contributed by atoms with Crippen molar-refractivity contribution in [1.29, 1.82) is 0 Å². The van der Waals surface area contributed by atoms with Gasteiger partial charge in [0.2, 0.25) is 0 Å². The van der Waals surface area contributed by atoms with Gasteiger partial charge >= 0.3 is 0 Å². The predicted octanol–water partition coefficient (Wildman–Crippen LogP) is 5.11. The minimum atomic E-state index is 0.606. The molecule has 2 atom stereocenters. The van der Waals surface area contributed by atoms with Gasteiger partial charge < -0.3 is 4.74 Å². The molecule has 1 aliphatic heterocycles. The molecule has 0 spiro atoms. The first-order chi connectivity index (χ1) is 7.88. The van der Waals surface area contributed by atoms with Crippen LogP contribution in [0.2, 0.25) is 0 Å². The highest BCUT2D eigenvalue weighted by Gasteiger charge is 2.36. The number of hydrogen-bond donors (Lipinski definition) is 0. The van der Waals surface area contributed by atoms with Gasteiger partial charge in [-0.1, -0.05) is 87.3 Å². The monoisotopic (exact) mass is 338 g/mol. The molecular formula is C14H27IO. The first kappa shape index (κ1) is 14.7. The Balaban J connectivity index is 1.69. The van der Waals surface area contributed by atoms with Gasteiger partial charge in [-0.15, -0.1) is 0 Å². The van der Waals surface area contributed by atoms with Gasteiger partial charge in [-0.25, -0.2) is 0 Å². The molecule has 0 aromatic heterocycles. The van der Waals surface area contributed by atoms with Crippen molar-refractivity contribution in [3.63, 3.8) is 0 Å². The summed E-state index contributed by atoms with van der Waals surface area (Å²) < 4.78 is 6.71. The third-order valence-electron chi connectivity index (χ3n) is 3.43. The van der Waals surface area contributed by atoms with Crippen LogP contribution in [-0.4, -0.2) is 16.6 Å². The Morgan fingerprint density at radius 1 is 0.812 bits per heavy atom. The lowest BCUT2D eigenvalue weighted by Gasteiger charge is -2.00. The number of hydrogen-bond acceptors (Lipinski definition) is 1. The van der Waals surface area contributed by atoms with Gasteiger partial charge in [0.05, 0.1) is 12.2 Å². The van der Waals surface area contributed by atoms with Crippen molar-refractivity contribution in [2.45, 2.75) is 83.3 Å². The highest BCUT2D eigenvalue weighted by Crippen LogP contribution is 2.28. The molecule has 1 aliphatic rings. The second-order valence-electron chi connectivity index (χ2n) is 4.98. The highest BCUT2D eigenvalue weighted by atomic mass is 127. The molecule has 0 N–H and O–H groups in total. The third-order valence-corrected chi connectivity index (χ3v) is 4.30.